The van der Waals surface area contributed by atoms with Crippen molar-refractivity contribution >= 4 is 21.6 Å². The van der Waals surface area contributed by atoms with E-state index in [1.165, 1.54) is 16.7 Å². The number of rotatable bonds is 4. The van der Waals surface area contributed by atoms with E-state index in [0.29, 0.717) is 0 Å². The molecule has 0 spiro atoms. The molecule has 0 bridgehead atoms. The molecule has 3 nitrogen and oxygen atoms in total. The first-order valence-electron chi connectivity index (χ1n) is 14.3. The van der Waals surface area contributed by atoms with Gasteiger partial charge in [0.2, 0.25) is 0 Å². The number of para-hydroxylation sites is 2. The van der Waals surface area contributed by atoms with Crippen LogP contribution in [0.15, 0.2) is 97.2 Å². The summed E-state index contributed by atoms with van der Waals surface area (Å²) in [7, 11) is 0. The second kappa shape index (κ2) is 11.8. The van der Waals surface area contributed by atoms with Crippen molar-refractivity contribution in [1.29, 1.82) is 0 Å². The van der Waals surface area contributed by atoms with Crippen LogP contribution in [0.1, 0.15) is 52.7 Å². The van der Waals surface area contributed by atoms with Gasteiger partial charge in [0.1, 0.15) is 10.8 Å². The smallest absolute Gasteiger partial charge is 0.127 e. The molecule has 0 fully saturated rings. The summed E-state index contributed by atoms with van der Waals surface area (Å²) in [4.78, 5) is 9.71. The summed E-state index contributed by atoms with van der Waals surface area (Å²) in [6.45, 7) is 13.6. The van der Waals surface area contributed by atoms with Crippen molar-refractivity contribution in [2.75, 3.05) is 0 Å². The predicted octanol–water partition coefficient (Wildman–Crippen LogP) is 10.5. The first-order valence-corrected chi connectivity index (χ1v) is 15.1. The maximum atomic E-state index is 10.4. The van der Waals surface area contributed by atoms with E-state index in [9.17, 15) is 5.11 Å². The Morgan fingerprint density at radius 1 is 0.674 bits per heavy atom. The van der Waals surface area contributed by atoms with E-state index in [1.807, 2.05) is 24.4 Å². The number of phenols is 1. The molecule has 0 saturated heterocycles. The van der Waals surface area contributed by atoms with Crippen LogP contribution in [0.3, 0.4) is 0 Å². The van der Waals surface area contributed by atoms with E-state index in [0.717, 1.165) is 48.7 Å². The van der Waals surface area contributed by atoms with Crippen LogP contribution in [0.5, 0.6) is 5.75 Å². The summed E-state index contributed by atoms with van der Waals surface area (Å²) in [6.07, 6.45) is 1.89. The van der Waals surface area contributed by atoms with Crippen LogP contribution in [0.25, 0.3) is 54.3 Å². The number of benzene rings is 4. The Bertz CT molecular complexity index is 1900. The van der Waals surface area contributed by atoms with Crippen molar-refractivity contribution in [1.82, 2.24) is 9.97 Å². The molecule has 4 aromatic carbocycles. The van der Waals surface area contributed by atoms with Crippen molar-refractivity contribution in [3.8, 4) is 49.8 Å². The molecular weight excluding hydrogens is 728 g/mol. The van der Waals surface area contributed by atoms with Gasteiger partial charge in [-0.3, -0.25) is 4.98 Å². The van der Waals surface area contributed by atoms with Crippen molar-refractivity contribution in [2.24, 2.45) is 0 Å². The average molecular weight is 763 g/mol. The molecule has 0 aliphatic carbocycles. The topological polar surface area (TPSA) is 46.0 Å². The first-order chi connectivity index (χ1) is 20.0. The van der Waals surface area contributed by atoms with Crippen LogP contribution in [0, 0.1) is 6.07 Å². The van der Waals surface area contributed by atoms with Gasteiger partial charge in [0.15, 0.2) is 0 Å². The summed E-state index contributed by atoms with van der Waals surface area (Å²) < 4.78 is 1.07. The summed E-state index contributed by atoms with van der Waals surface area (Å²) >= 11 is 1.58. The molecule has 0 aliphatic heterocycles. The zero-order valence-electron chi connectivity index (χ0n) is 25.3. The largest absolute Gasteiger partial charge is 0.507 e. The maximum absolute atomic E-state index is 10.4. The minimum atomic E-state index is 0. The number of aromatic nitrogens is 2. The fourth-order valence-electron chi connectivity index (χ4n) is 5.13. The Hall–Kier alpha value is -3.59. The van der Waals surface area contributed by atoms with Crippen LogP contribution in [0.2, 0.25) is 0 Å². The van der Waals surface area contributed by atoms with Crippen molar-refractivity contribution < 1.29 is 26.2 Å². The average Bonchev–Trinajstić information content (AvgIpc) is 3.41. The molecule has 6 rings (SSSR count). The molecule has 6 aromatic rings. The maximum Gasteiger partial charge on any atom is 0.127 e. The fraction of sp³-hybridized carbons (Fsp3) is 0.211. The van der Waals surface area contributed by atoms with Gasteiger partial charge in [-0.25, -0.2) is 4.98 Å². The molecular formula is C38H35N2OPtS-. The molecule has 220 valence electrons. The fourth-order valence-corrected chi connectivity index (χ4v) is 6.16. The van der Waals surface area contributed by atoms with Gasteiger partial charge in [0.25, 0.3) is 0 Å². The van der Waals surface area contributed by atoms with Gasteiger partial charge in [0.05, 0.1) is 11.1 Å². The molecule has 0 radical (unpaired) electrons. The molecule has 2 heterocycles. The number of nitrogens with zero attached hydrogens (tertiary/aromatic N) is 2. The zero-order chi connectivity index (χ0) is 29.6. The summed E-state index contributed by atoms with van der Waals surface area (Å²) in [5.74, 6) is 0.236. The normalized spacial score (nSPS) is 11.9. The van der Waals surface area contributed by atoms with Crippen LogP contribution in [-0.2, 0) is 31.9 Å². The zero-order valence-corrected chi connectivity index (χ0v) is 28.4. The van der Waals surface area contributed by atoms with E-state index >= 15 is 0 Å². The molecule has 5 heteroatoms. The van der Waals surface area contributed by atoms with Gasteiger partial charge in [-0.15, -0.1) is 41.2 Å². The Morgan fingerprint density at radius 3 is 2.02 bits per heavy atom. The molecule has 43 heavy (non-hydrogen) atoms. The van der Waals surface area contributed by atoms with Crippen molar-refractivity contribution in [3.63, 3.8) is 0 Å². The van der Waals surface area contributed by atoms with Gasteiger partial charge in [-0.2, -0.15) is 0 Å². The predicted molar refractivity (Wildman–Crippen MR) is 177 cm³/mol. The van der Waals surface area contributed by atoms with E-state index in [4.69, 9.17) is 9.97 Å². The van der Waals surface area contributed by atoms with E-state index < -0.39 is 0 Å². The Balaban J connectivity index is 0.00000368. The standard InChI is InChI=1S/C38H35N2OS.Pt/c1-37(2,3)28-20-27(21-29(23-28)38(4,5)6)24-17-18-39-32(22-24)26-12-9-11-25(19-26)30-14-10-16-34-35(30)40-36(42-34)31-13-7-8-15-33(31)41;/h7-18,20-23,41H,1-6H3;/q-1;. The molecule has 0 unspecified atom stereocenters. The molecule has 0 aliphatic rings. The first kappa shape index (κ1) is 30.9. The number of hydrogen-bond acceptors (Lipinski definition) is 4. The SMILES string of the molecule is CC(C)(C)c1cc(-c2ccnc(-c3[c-]c(-c4cccc5sc(-c6ccccc6O)nc45)ccc3)c2)cc(C(C)(C)C)c1.[Pt]. The third kappa shape index (κ3) is 6.37. The number of fused-ring (bicyclic) bond motifs is 1. The van der Waals surface area contributed by atoms with Crippen LogP contribution in [-0.4, -0.2) is 15.1 Å². The monoisotopic (exact) mass is 762 g/mol. The van der Waals surface area contributed by atoms with Crippen LogP contribution >= 0.6 is 11.3 Å². The molecule has 1 N–H and O–H groups in total. The van der Waals surface area contributed by atoms with Crippen LogP contribution in [0.4, 0.5) is 0 Å². The quantitative estimate of drug-likeness (QED) is 0.182. The Labute approximate surface area is 273 Å². The van der Waals surface area contributed by atoms with Gasteiger partial charge in [-0.05, 0) is 57.3 Å². The van der Waals surface area contributed by atoms with E-state index in [-0.39, 0.29) is 37.6 Å². The number of phenolic OH excluding ortho intramolecular Hbond substituents is 1. The summed E-state index contributed by atoms with van der Waals surface area (Å²) in [6, 6.07) is 34.6. The van der Waals surface area contributed by atoms with Gasteiger partial charge in [0, 0.05) is 37.7 Å². The van der Waals surface area contributed by atoms with Crippen molar-refractivity contribution in [2.45, 2.75) is 52.4 Å². The number of hydrogen-bond donors (Lipinski definition) is 1. The molecule has 0 saturated carbocycles. The molecule has 0 atom stereocenters. The number of pyridine rings is 1. The number of aromatic hydroxyl groups is 1. The van der Waals surface area contributed by atoms with E-state index in [1.54, 1.807) is 17.4 Å². The third-order valence-corrected chi connectivity index (χ3v) is 8.73. The van der Waals surface area contributed by atoms with Crippen LogP contribution < -0.4 is 0 Å². The minimum absolute atomic E-state index is 0. The van der Waals surface area contributed by atoms with Gasteiger partial charge < -0.3 is 5.11 Å². The second-order valence-corrected chi connectivity index (χ2v) is 13.9. The van der Waals surface area contributed by atoms with Crippen molar-refractivity contribution in [3.05, 3.63) is 114 Å². The molecule has 0 amide bonds. The number of thiazole rings is 1. The second-order valence-electron chi connectivity index (χ2n) is 12.9. The molecule has 2 aromatic heterocycles. The third-order valence-electron chi connectivity index (χ3n) is 7.67. The van der Waals surface area contributed by atoms with E-state index in [2.05, 4.69) is 114 Å². The Morgan fingerprint density at radius 2 is 1.33 bits per heavy atom. The summed E-state index contributed by atoms with van der Waals surface area (Å²) in [5, 5.41) is 11.2. The van der Waals surface area contributed by atoms with Gasteiger partial charge in [-0.1, -0.05) is 101 Å². The summed E-state index contributed by atoms with van der Waals surface area (Å²) in [5.41, 5.74) is 10.5. The van der Waals surface area contributed by atoms with Gasteiger partial charge >= 0.3 is 0 Å². The minimum Gasteiger partial charge on any atom is -0.507 e. The Kier molecular flexibility index (Phi) is 8.49.